The van der Waals surface area contributed by atoms with E-state index in [0.29, 0.717) is 12.8 Å². The zero-order valence-electron chi connectivity index (χ0n) is 20.2. The maximum Gasteiger partial charge on any atom is 0.328 e. The van der Waals surface area contributed by atoms with Gasteiger partial charge in [0.2, 0.25) is 0 Å². The number of carbonyl (C=O) groups excluding carboxylic acids is 2. The van der Waals surface area contributed by atoms with E-state index in [1.54, 1.807) is 0 Å². The second kappa shape index (κ2) is 12.4. The fourth-order valence-electron chi connectivity index (χ4n) is 3.06. The third-order valence-corrected chi connectivity index (χ3v) is 6.44. The van der Waals surface area contributed by atoms with Crippen LogP contribution in [0.25, 0.3) is 0 Å². The number of carbonyl (C=O) groups is 2. The number of hydrogen-bond acceptors (Lipinski definition) is 6. The summed E-state index contributed by atoms with van der Waals surface area (Å²) >= 11 is 10.5. The van der Waals surface area contributed by atoms with Crippen LogP contribution < -0.4 is 11.5 Å². The summed E-state index contributed by atoms with van der Waals surface area (Å²) in [5.41, 5.74) is 11.7. The van der Waals surface area contributed by atoms with Gasteiger partial charge in [-0.25, -0.2) is 9.59 Å². The van der Waals surface area contributed by atoms with Crippen LogP contribution in [0.1, 0.15) is 67.2 Å². The maximum absolute atomic E-state index is 12.7. The second-order valence-electron chi connectivity index (χ2n) is 9.28. The highest BCUT2D eigenvalue weighted by Crippen LogP contribution is 2.31. The highest BCUT2D eigenvalue weighted by molar-refractivity contribution is 7.80. The first-order chi connectivity index (χ1) is 14.2. The quantitative estimate of drug-likeness (QED) is 0.248. The molecule has 0 rings (SSSR count). The number of hydrogen-bond donors (Lipinski definition) is 2. The molecule has 0 aromatic rings. The van der Waals surface area contributed by atoms with Crippen molar-refractivity contribution in [3.8, 4) is 0 Å². The maximum atomic E-state index is 12.7. The second-order valence-corrected chi connectivity index (χ2v) is 10.1. The molecule has 0 fully saturated rings. The van der Waals surface area contributed by atoms with Crippen LogP contribution in [0.15, 0.2) is 0 Å². The molecule has 0 bridgehead atoms. The minimum absolute atomic E-state index is 0.0121. The predicted molar refractivity (Wildman–Crippen MR) is 131 cm³/mol. The molecule has 0 aliphatic heterocycles. The average molecular weight is 477 g/mol. The summed E-state index contributed by atoms with van der Waals surface area (Å²) in [5, 5.41) is -0.0242. The van der Waals surface area contributed by atoms with Crippen LogP contribution in [0, 0.1) is 10.8 Å². The predicted octanol–water partition coefficient (Wildman–Crippen LogP) is 2.77. The summed E-state index contributed by atoms with van der Waals surface area (Å²) in [4.78, 5) is 28.4. The van der Waals surface area contributed by atoms with Crippen molar-refractivity contribution in [2.24, 2.45) is 22.3 Å². The van der Waals surface area contributed by atoms with E-state index in [1.165, 1.54) is 24.0 Å². The minimum Gasteiger partial charge on any atom is -0.467 e. The molecule has 0 aliphatic carbocycles. The van der Waals surface area contributed by atoms with Crippen LogP contribution in [0.3, 0.4) is 0 Å². The molecule has 0 amide bonds. The van der Waals surface area contributed by atoms with Crippen LogP contribution in [-0.2, 0) is 19.1 Å². The van der Waals surface area contributed by atoms with E-state index in [4.69, 9.17) is 45.4 Å². The van der Waals surface area contributed by atoms with Crippen molar-refractivity contribution in [2.45, 2.75) is 79.3 Å². The lowest BCUT2D eigenvalue weighted by atomic mass is 9.82. The number of methoxy groups -OCH3 is 2. The van der Waals surface area contributed by atoms with Gasteiger partial charge in [0.05, 0.1) is 20.9 Å². The molecule has 2 unspecified atom stereocenters. The van der Waals surface area contributed by atoms with Crippen LogP contribution in [0.4, 0.5) is 0 Å². The van der Waals surface area contributed by atoms with Gasteiger partial charge in [0.25, 0.3) is 0 Å². The molecule has 0 aliphatic rings. The Morgan fingerprint density at radius 3 is 1.29 bits per heavy atom. The van der Waals surface area contributed by atoms with Crippen LogP contribution in [0.5, 0.6) is 0 Å². The number of ether oxygens (including phenoxy) is 2. The molecule has 2 atom stereocenters. The third kappa shape index (κ3) is 9.14. The van der Waals surface area contributed by atoms with Crippen molar-refractivity contribution in [3.05, 3.63) is 0 Å². The molecule has 0 spiro atoms. The number of nitrogens with zero attached hydrogens (tertiary/aromatic N) is 2. The molecule has 0 heterocycles. The van der Waals surface area contributed by atoms with Gasteiger partial charge >= 0.3 is 11.9 Å². The Balaban J connectivity index is 6.23. The van der Waals surface area contributed by atoms with Gasteiger partial charge in [-0.05, 0) is 48.1 Å². The topological polar surface area (TPSA) is 111 Å². The molecule has 0 radical (unpaired) electrons. The molecular weight excluding hydrogens is 436 g/mol. The first kappa shape index (κ1) is 29.3. The van der Waals surface area contributed by atoms with Crippen molar-refractivity contribution >= 4 is 46.6 Å². The SMILES string of the molecule is CCC(C)(C)CC(C(=O)OC)N(CN(C(N)=S)C(CC(C)(C)CC)C(=O)OC)C(N)=S. The van der Waals surface area contributed by atoms with Gasteiger partial charge in [0, 0.05) is 0 Å². The standard InChI is InChI=1S/C21H40N4O4S2/c1-9-20(3,4)11-14(16(26)28-7)24(18(22)30)13-25(19(23)31)15(17(27)29-8)12-21(5,6)10-2/h14-15H,9-13H2,1-8H3,(H2,22,30)(H2,23,31). The summed E-state index contributed by atoms with van der Waals surface area (Å²) in [6.07, 6.45) is 2.56. The number of esters is 2. The Morgan fingerprint density at radius 1 is 0.806 bits per heavy atom. The number of rotatable bonds is 12. The van der Waals surface area contributed by atoms with Gasteiger partial charge < -0.3 is 30.7 Å². The molecule has 0 saturated heterocycles. The molecule has 8 nitrogen and oxygen atoms in total. The Morgan fingerprint density at radius 2 is 1.10 bits per heavy atom. The highest BCUT2D eigenvalue weighted by atomic mass is 32.1. The Bertz CT molecular complexity index is 601. The van der Waals surface area contributed by atoms with Crippen molar-refractivity contribution in [1.82, 2.24) is 9.80 Å². The fraction of sp³-hybridized carbons (Fsp3) is 0.810. The molecule has 0 aromatic carbocycles. The van der Waals surface area contributed by atoms with Crippen LogP contribution >= 0.6 is 24.4 Å². The molecule has 0 aromatic heterocycles. The van der Waals surface area contributed by atoms with Gasteiger partial charge in [-0.2, -0.15) is 0 Å². The van der Waals surface area contributed by atoms with E-state index < -0.39 is 24.0 Å². The van der Waals surface area contributed by atoms with Crippen molar-refractivity contribution in [3.63, 3.8) is 0 Å². The van der Waals surface area contributed by atoms with Gasteiger partial charge in [-0.3, -0.25) is 0 Å². The molecule has 31 heavy (non-hydrogen) atoms. The zero-order valence-corrected chi connectivity index (χ0v) is 21.8. The van der Waals surface area contributed by atoms with Crippen LogP contribution in [0.2, 0.25) is 0 Å². The highest BCUT2D eigenvalue weighted by Gasteiger charge is 2.38. The Kier molecular flexibility index (Phi) is 11.7. The largest absolute Gasteiger partial charge is 0.467 e. The molecular formula is C21H40N4O4S2. The summed E-state index contributed by atoms with van der Waals surface area (Å²) in [7, 11) is 2.64. The molecule has 0 saturated carbocycles. The minimum atomic E-state index is -0.758. The smallest absolute Gasteiger partial charge is 0.328 e. The lowest BCUT2D eigenvalue weighted by molar-refractivity contribution is -0.149. The van der Waals surface area contributed by atoms with Crippen LogP contribution in [-0.4, -0.2) is 64.9 Å². The zero-order chi connectivity index (χ0) is 24.6. The van der Waals surface area contributed by atoms with Gasteiger partial charge in [0.1, 0.15) is 12.1 Å². The van der Waals surface area contributed by atoms with E-state index in [2.05, 4.69) is 0 Å². The normalized spacial score (nSPS) is 13.7. The fourth-order valence-corrected chi connectivity index (χ4v) is 3.43. The van der Waals surface area contributed by atoms with E-state index in [1.807, 2.05) is 41.5 Å². The first-order valence-electron chi connectivity index (χ1n) is 10.4. The Hall–Kier alpha value is -1.68. The molecule has 10 heteroatoms. The number of nitrogens with two attached hydrogens (primary N) is 2. The third-order valence-electron chi connectivity index (χ3n) is 5.98. The summed E-state index contributed by atoms with van der Waals surface area (Å²) in [5.74, 6) is -0.943. The summed E-state index contributed by atoms with van der Waals surface area (Å²) < 4.78 is 10.1. The lowest BCUT2D eigenvalue weighted by Gasteiger charge is -2.41. The summed E-state index contributed by atoms with van der Waals surface area (Å²) in [6.45, 7) is 12.2. The van der Waals surface area contributed by atoms with Crippen molar-refractivity contribution in [1.29, 1.82) is 0 Å². The summed E-state index contributed by atoms with van der Waals surface area (Å²) in [6, 6.07) is -1.52. The molecule has 180 valence electrons. The van der Waals surface area contributed by atoms with Crippen molar-refractivity contribution in [2.75, 3.05) is 20.9 Å². The van der Waals surface area contributed by atoms with Crippen molar-refractivity contribution < 1.29 is 19.1 Å². The molecule has 4 N–H and O–H groups in total. The monoisotopic (exact) mass is 476 g/mol. The van der Waals surface area contributed by atoms with E-state index in [-0.39, 0.29) is 27.7 Å². The Labute approximate surface area is 198 Å². The number of thiocarbonyl (C=S) groups is 2. The van der Waals surface area contributed by atoms with Gasteiger partial charge in [0.15, 0.2) is 10.2 Å². The van der Waals surface area contributed by atoms with E-state index in [9.17, 15) is 9.59 Å². The van der Waals surface area contributed by atoms with E-state index in [0.717, 1.165) is 12.8 Å². The van der Waals surface area contributed by atoms with Gasteiger partial charge in [-0.15, -0.1) is 0 Å². The average Bonchev–Trinajstić information content (AvgIpc) is 2.70. The first-order valence-corrected chi connectivity index (χ1v) is 11.3. The van der Waals surface area contributed by atoms with E-state index >= 15 is 0 Å². The van der Waals surface area contributed by atoms with Gasteiger partial charge in [-0.1, -0.05) is 54.4 Å². The lowest BCUT2D eigenvalue weighted by Crippen LogP contribution is -2.59.